The van der Waals surface area contributed by atoms with Crippen LogP contribution in [0.15, 0.2) is 30.3 Å². The maximum atomic E-state index is 12.1. The minimum Gasteiger partial charge on any atom is -0.350 e. The second kappa shape index (κ2) is 7.92. The topological polar surface area (TPSA) is 105 Å². The van der Waals surface area contributed by atoms with Crippen molar-refractivity contribution in [1.82, 2.24) is 10.6 Å². The fraction of sp³-hybridized carbons (Fsp3) is 0.471. The monoisotopic (exact) mass is 332 g/mol. The third-order valence-corrected chi connectivity index (χ3v) is 4.00. The number of para-hydroxylation sites is 1. The van der Waals surface area contributed by atoms with E-state index in [0.717, 1.165) is 5.69 Å². The zero-order valence-electron chi connectivity index (χ0n) is 14.0. The molecule has 1 saturated heterocycles. The van der Waals surface area contributed by atoms with E-state index in [1.165, 1.54) is 0 Å². The van der Waals surface area contributed by atoms with E-state index >= 15 is 0 Å². The number of carbonyl (C=O) groups is 3. The second-order valence-corrected chi connectivity index (χ2v) is 6.30. The van der Waals surface area contributed by atoms with Crippen molar-refractivity contribution in [3.63, 3.8) is 0 Å². The van der Waals surface area contributed by atoms with Gasteiger partial charge < -0.3 is 21.3 Å². The number of amides is 3. The molecule has 7 nitrogen and oxygen atoms in total. The summed E-state index contributed by atoms with van der Waals surface area (Å²) in [6, 6.07) is 8.42. The number of anilines is 1. The van der Waals surface area contributed by atoms with Crippen LogP contribution in [0.25, 0.3) is 0 Å². The highest BCUT2D eigenvalue weighted by molar-refractivity contribution is 5.97. The van der Waals surface area contributed by atoms with Crippen molar-refractivity contribution in [3.8, 4) is 0 Å². The van der Waals surface area contributed by atoms with E-state index < -0.39 is 6.04 Å². The Kier molecular flexibility index (Phi) is 5.92. The summed E-state index contributed by atoms with van der Waals surface area (Å²) in [6.45, 7) is 3.96. The van der Waals surface area contributed by atoms with Crippen LogP contribution in [0.1, 0.15) is 20.3 Å². The fourth-order valence-electron chi connectivity index (χ4n) is 2.53. The van der Waals surface area contributed by atoms with Gasteiger partial charge in [0.1, 0.15) is 0 Å². The summed E-state index contributed by atoms with van der Waals surface area (Å²) in [5.41, 5.74) is 6.53. The predicted molar refractivity (Wildman–Crippen MR) is 91.2 cm³/mol. The number of nitrogens with two attached hydrogens (primary N) is 1. The molecule has 3 amide bonds. The second-order valence-electron chi connectivity index (χ2n) is 6.30. The Morgan fingerprint density at radius 3 is 2.58 bits per heavy atom. The number of nitrogens with one attached hydrogen (secondary N) is 2. The molecule has 1 unspecified atom stereocenters. The van der Waals surface area contributed by atoms with Gasteiger partial charge in [-0.05, 0) is 18.1 Å². The van der Waals surface area contributed by atoms with Crippen molar-refractivity contribution in [3.05, 3.63) is 30.3 Å². The molecule has 0 bridgehead atoms. The number of hydrogen-bond donors (Lipinski definition) is 3. The Morgan fingerprint density at radius 1 is 1.29 bits per heavy atom. The molecule has 1 aliphatic heterocycles. The van der Waals surface area contributed by atoms with Gasteiger partial charge in [0.15, 0.2) is 0 Å². The van der Waals surface area contributed by atoms with Crippen LogP contribution in [0, 0.1) is 5.92 Å². The smallest absolute Gasteiger partial charge is 0.239 e. The highest BCUT2D eigenvalue weighted by atomic mass is 16.2. The molecule has 7 heteroatoms. The Hall–Kier alpha value is -2.41. The molecule has 1 heterocycles. The lowest BCUT2D eigenvalue weighted by molar-refractivity contribution is -0.127. The largest absolute Gasteiger partial charge is 0.350 e. The van der Waals surface area contributed by atoms with E-state index in [9.17, 15) is 14.4 Å². The highest BCUT2D eigenvalue weighted by Crippen LogP contribution is 2.20. The third kappa shape index (κ3) is 4.55. The Labute approximate surface area is 141 Å². The molecule has 1 aromatic carbocycles. The first kappa shape index (κ1) is 17.9. The molecule has 4 N–H and O–H groups in total. The van der Waals surface area contributed by atoms with Gasteiger partial charge in [0.2, 0.25) is 17.7 Å². The summed E-state index contributed by atoms with van der Waals surface area (Å²) in [4.78, 5) is 37.4. The zero-order chi connectivity index (χ0) is 17.7. The molecule has 0 saturated carbocycles. The summed E-state index contributed by atoms with van der Waals surface area (Å²) in [6.07, 6.45) is 0.250. The van der Waals surface area contributed by atoms with E-state index in [0.29, 0.717) is 6.54 Å². The average molecular weight is 332 g/mol. The highest BCUT2D eigenvalue weighted by Gasteiger charge is 2.31. The van der Waals surface area contributed by atoms with Crippen LogP contribution < -0.4 is 21.3 Å². The summed E-state index contributed by atoms with van der Waals surface area (Å²) < 4.78 is 0. The van der Waals surface area contributed by atoms with Crippen molar-refractivity contribution in [2.24, 2.45) is 11.7 Å². The van der Waals surface area contributed by atoms with Crippen LogP contribution in [0.3, 0.4) is 0 Å². The van der Waals surface area contributed by atoms with Crippen LogP contribution >= 0.6 is 0 Å². The molecule has 0 aromatic heterocycles. The predicted octanol–water partition coefficient (Wildman–Crippen LogP) is 0.00760. The van der Waals surface area contributed by atoms with Gasteiger partial charge in [-0.1, -0.05) is 32.0 Å². The van der Waals surface area contributed by atoms with Gasteiger partial charge >= 0.3 is 0 Å². The minimum absolute atomic E-state index is 0.0000505. The average Bonchev–Trinajstić information content (AvgIpc) is 2.92. The molecule has 2 rings (SSSR count). The van der Waals surface area contributed by atoms with Crippen LogP contribution in [0.5, 0.6) is 0 Å². The van der Waals surface area contributed by atoms with E-state index in [2.05, 4.69) is 10.6 Å². The first-order valence-electron chi connectivity index (χ1n) is 8.06. The molecule has 24 heavy (non-hydrogen) atoms. The van der Waals surface area contributed by atoms with Crippen LogP contribution in [0.4, 0.5) is 5.69 Å². The van der Waals surface area contributed by atoms with E-state index in [4.69, 9.17) is 5.73 Å². The third-order valence-electron chi connectivity index (χ3n) is 4.00. The quantitative estimate of drug-likeness (QED) is 0.682. The van der Waals surface area contributed by atoms with Crippen molar-refractivity contribution >= 4 is 23.4 Å². The van der Waals surface area contributed by atoms with Crippen molar-refractivity contribution < 1.29 is 14.4 Å². The Balaban J connectivity index is 1.81. The lowest BCUT2D eigenvalue weighted by Crippen LogP contribution is -2.48. The summed E-state index contributed by atoms with van der Waals surface area (Å²) in [5.74, 6) is -0.710. The maximum Gasteiger partial charge on any atom is 0.239 e. The molecule has 1 aliphatic rings. The normalized spacial score (nSPS) is 18.6. The number of hydrogen-bond acceptors (Lipinski definition) is 4. The van der Waals surface area contributed by atoms with Crippen molar-refractivity contribution in [2.45, 2.75) is 32.4 Å². The van der Waals surface area contributed by atoms with Gasteiger partial charge in [-0.2, -0.15) is 0 Å². The van der Waals surface area contributed by atoms with Crippen LogP contribution in [-0.4, -0.2) is 42.9 Å². The standard InChI is InChI=1S/C17H24N4O3/c1-11(2)16(18)17(24)19-9-14(22)20-12-8-15(23)21(10-12)13-6-4-3-5-7-13/h3-7,11-12,16H,8-10,18H2,1-2H3,(H,19,24)(H,20,22)/t12?,16-/m0/s1. The van der Waals surface area contributed by atoms with Crippen molar-refractivity contribution in [1.29, 1.82) is 0 Å². The lowest BCUT2D eigenvalue weighted by Gasteiger charge is -2.18. The lowest BCUT2D eigenvalue weighted by atomic mass is 10.1. The van der Waals surface area contributed by atoms with Gasteiger partial charge in [0.05, 0.1) is 18.6 Å². The molecule has 130 valence electrons. The number of nitrogens with zero attached hydrogens (tertiary/aromatic N) is 1. The SMILES string of the molecule is CC(C)[C@H](N)C(=O)NCC(=O)NC1CC(=O)N(c2ccccc2)C1. The first-order valence-corrected chi connectivity index (χ1v) is 8.06. The Bertz CT molecular complexity index is 603. The zero-order valence-corrected chi connectivity index (χ0v) is 14.0. The molecule has 1 fully saturated rings. The van der Waals surface area contributed by atoms with Gasteiger partial charge in [-0.3, -0.25) is 14.4 Å². The molecule has 2 atom stereocenters. The summed E-state index contributed by atoms with van der Waals surface area (Å²) in [5, 5.41) is 5.29. The fourth-order valence-corrected chi connectivity index (χ4v) is 2.53. The number of carbonyl (C=O) groups excluding carboxylic acids is 3. The number of benzene rings is 1. The van der Waals surface area contributed by atoms with Crippen LogP contribution in [-0.2, 0) is 14.4 Å². The van der Waals surface area contributed by atoms with Crippen molar-refractivity contribution in [2.75, 3.05) is 18.0 Å². The van der Waals surface area contributed by atoms with Gasteiger partial charge in [-0.15, -0.1) is 0 Å². The molecule has 0 aliphatic carbocycles. The first-order chi connectivity index (χ1) is 11.4. The van der Waals surface area contributed by atoms with E-state index in [1.54, 1.807) is 4.90 Å². The van der Waals surface area contributed by atoms with Gasteiger partial charge in [-0.25, -0.2) is 0 Å². The molecule has 1 aromatic rings. The summed E-state index contributed by atoms with van der Waals surface area (Å²) in [7, 11) is 0. The molecular weight excluding hydrogens is 308 g/mol. The van der Waals surface area contributed by atoms with E-state index in [1.807, 2.05) is 44.2 Å². The molecular formula is C17H24N4O3. The Morgan fingerprint density at radius 2 is 1.96 bits per heavy atom. The molecule has 0 radical (unpaired) electrons. The minimum atomic E-state index is -0.639. The van der Waals surface area contributed by atoms with E-state index in [-0.39, 0.29) is 42.6 Å². The molecule has 0 spiro atoms. The van der Waals surface area contributed by atoms with Crippen LogP contribution in [0.2, 0.25) is 0 Å². The van der Waals surface area contributed by atoms with Gasteiger partial charge in [0, 0.05) is 18.7 Å². The number of rotatable bonds is 6. The maximum absolute atomic E-state index is 12.1. The van der Waals surface area contributed by atoms with Gasteiger partial charge in [0.25, 0.3) is 0 Å². The summed E-state index contributed by atoms with van der Waals surface area (Å²) >= 11 is 0.